The number of fused-ring (bicyclic) bond motifs is 1. The first-order valence-corrected chi connectivity index (χ1v) is 6.59. The lowest BCUT2D eigenvalue weighted by molar-refractivity contribution is -0.154. The van der Waals surface area contributed by atoms with Crippen molar-refractivity contribution < 1.29 is 31.1 Å². The lowest BCUT2D eigenvalue weighted by atomic mass is 10.2. The minimum Gasteiger partial charge on any atom is -0.466 e. The summed E-state index contributed by atoms with van der Waals surface area (Å²) in [4.78, 5) is 7.37. The molecule has 0 aromatic carbocycles. The smallest absolute Gasteiger partial charge is 0.422 e. The fourth-order valence-electron chi connectivity index (χ4n) is 1.94. The summed E-state index contributed by atoms with van der Waals surface area (Å²) >= 11 is 0. The van der Waals surface area contributed by atoms with Crippen LogP contribution in [0.1, 0.15) is 12.2 Å². The molecular weight excluding hydrogens is 356 g/mol. The van der Waals surface area contributed by atoms with E-state index in [1.54, 1.807) is 0 Å². The van der Waals surface area contributed by atoms with E-state index in [0.717, 1.165) is 29.1 Å². The number of hydrogen-bond donors (Lipinski definition) is 0. The van der Waals surface area contributed by atoms with Gasteiger partial charge in [-0.1, -0.05) is 0 Å². The number of hydrogen-bond acceptors (Lipinski definition) is 5. The standard InChI is InChI=1S/C13H7F6N5O/c14-7-1-6(2-21-12(7)25-5-13(17,18)19)8-4-24-9(3-20-8)22-23-11(24)10(15)16/h1-4,10H,5H2. The number of halogens is 6. The van der Waals surface area contributed by atoms with Crippen LogP contribution in [0.25, 0.3) is 16.9 Å². The van der Waals surface area contributed by atoms with Crippen LogP contribution in [0.5, 0.6) is 5.88 Å². The van der Waals surface area contributed by atoms with Crippen molar-refractivity contribution in [3.8, 4) is 17.1 Å². The second kappa shape index (κ2) is 6.18. The molecule has 3 rings (SSSR count). The Balaban J connectivity index is 1.92. The molecule has 0 radical (unpaired) electrons. The van der Waals surface area contributed by atoms with E-state index >= 15 is 0 Å². The average molecular weight is 363 g/mol. The monoisotopic (exact) mass is 363 g/mol. The van der Waals surface area contributed by atoms with Crippen LogP contribution in [-0.2, 0) is 0 Å². The molecule has 0 spiro atoms. The van der Waals surface area contributed by atoms with Gasteiger partial charge < -0.3 is 4.74 Å². The largest absolute Gasteiger partial charge is 0.466 e. The molecular formula is C13H7F6N5O. The van der Waals surface area contributed by atoms with E-state index in [-0.39, 0.29) is 16.9 Å². The van der Waals surface area contributed by atoms with Gasteiger partial charge in [-0.3, -0.25) is 9.38 Å². The number of alkyl halides is 5. The summed E-state index contributed by atoms with van der Waals surface area (Å²) in [6.07, 6.45) is -4.24. The molecule has 3 heterocycles. The molecule has 0 fully saturated rings. The number of pyridine rings is 1. The molecule has 0 saturated carbocycles. The summed E-state index contributed by atoms with van der Waals surface area (Å²) in [5, 5.41) is 6.82. The molecule has 0 aliphatic rings. The summed E-state index contributed by atoms with van der Waals surface area (Å²) in [5.41, 5.74) is 0.147. The van der Waals surface area contributed by atoms with Crippen molar-refractivity contribution in [3.05, 3.63) is 36.3 Å². The first-order chi connectivity index (χ1) is 11.7. The molecule has 0 unspecified atom stereocenters. The van der Waals surface area contributed by atoms with Gasteiger partial charge in [0, 0.05) is 18.0 Å². The van der Waals surface area contributed by atoms with Crippen molar-refractivity contribution in [1.82, 2.24) is 24.6 Å². The van der Waals surface area contributed by atoms with Gasteiger partial charge in [0.2, 0.25) is 5.82 Å². The van der Waals surface area contributed by atoms with Crippen molar-refractivity contribution in [2.45, 2.75) is 12.6 Å². The fourth-order valence-corrected chi connectivity index (χ4v) is 1.94. The minimum atomic E-state index is -4.64. The third-order valence-corrected chi connectivity index (χ3v) is 2.99. The molecule has 6 nitrogen and oxygen atoms in total. The van der Waals surface area contributed by atoms with Gasteiger partial charge in [0.15, 0.2) is 18.1 Å². The van der Waals surface area contributed by atoms with E-state index in [0.29, 0.717) is 0 Å². The van der Waals surface area contributed by atoms with E-state index in [4.69, 9.17) is 0 Å². The van der Waals surface area contributed by atoms with E-state index in [9.17, 15) is 26.3 Å². The highest BCUT2D eigenvalue weighted by Crippen LogP contribution is 2.25. The van der Waals surface area contributed by atoms with Crippen molar-refractivity contribution in [2.75, 3.05) is 6.61 Å². The molecule has 3 aromatic rings. The average Bonchev–Trinajstić information content (AvgIpc) is 2.96. The minimum absolute atomic E-state index is 0.0444. The van der Waals surface area contributed by atoms with Gasteiger partial charge in [0.25, 0.3) is 12.3 Å². The van der Waals surface area contributed by atoms with E-state index in [2.05, 4.69) is 24.9 Å². The summed E-state index contributed by atoms with van der Waals surface area (Å²) < 4.78 is 81.0. The van der Waals surface area contributed by atoms with Crippen molar-refractivity contribution in [3.63, 3.8) is 0 Å². The Kier molecular flexibility index (Phi) is 4.18. The Morgan fingerprint density at radius 2 is 1.88 bits per heavy atom. The van der Waals surface area contributed by atoms with Crippen molar-refractivity contribution in [1.29, 1.82) is 0 Å². The first-order valence-electron chi connectivity index (χ1n) is 6.59. The van der Waals surface area contributed by atoms with Crippen LogP contribution in [0.15, 0.2) is 24.7 Å². The molecule has 132 valence electrons. The van der Waals surface area contributed by atoms with Gasteiger partial charge in [-0.15, -0.1) is 10.2 Å². The number of aromatic nitrogens is 5. The molecule has 12 heteroatoms. The van der Waals surface area contributed by atoms with E-state index < -0.39 is 36.7 Å². The molecule has 3 aromatic heterocycles. The Hall–Kier alpha value is -2.92. The Labute approximate surface area is 135 Å². The van der Waals surface area contributed by atoms with Gasteiger partial charge in [0.05, 0.1) is 11.9 Å². The Bertz CT molecular complexity index is 910. The zero-order valence-electron chi connectivity index (χ0n) is 12.0. The quantitative estimate of drug-likeness (QED) is 0.666. The maximum absolute atomic E-state index is 13.8. The van der Waals surface area contributed by atoms with Crippen LogP contribution in [-0.4, -0.2) is 37.3 Å². The van der Waals surface area contributed by atoms with Gasteiger partial charge >= 0.3 is 6.18 Å². The molecule has 0 atom stereocenters. The van der Waals surface area contributed by atoms with E-state index in [1.165, 1.54) is 0 Å². The zero-order valence-corrected chi connectivity index (χ0v) is 12.0. The second-order valence-electron chi connectivity index (χ2n) is 4.77. The third-order valence-electron chi connectivity index (χ3n) is 2.99. The lowest BCUT2D eigenvalue weighted by Crippen LogP contribution is -2.20. The van der Waals surface area contributed by atoms with Crippen LogP contribution in [0.4, 0.5) is 26.3 Å². The van der Waals surface area contributed by atoms with Crippen molar-refractivity contribution in [2.24, 2.45) is 0 Å². The van der Waals surface area contributed by atoms with Gasteiger partial charge in [-0.25, -0.2) is 18.2 Å². The van der Waals surface area contributed by atoms with Crippen LogP contribution >= 0.6 is 0 Å². The molecule has 0 aliphatic carbocycles. The Morgan fingerprint density at radius 1 is 1.12 bits per heavy atom. The highest BCUT2D eigenvalue weighted by Gasteiger charge is 2.29. The maximum Gasteiger partial charge on any atom is 0.422 e. The van der Waals surface area contributed by atoms with Gasteiger partial charge in [-0.05, 0) is 6.07 Å². The normalized spacial score (nSPS) is 12.1. The maximum atomic E-state index is 13.8. The molecule has 0 bridgehead atoms. The highest BCUT2D eigenvalue weighted by atomic mass is 19.4. The summed E-state index contributed by atoms with van der Waals surface area (Å²) in [6, 6.07) is 0.833. The zero-order chi connectivity index (χ0) is 18.2. The summed E-state index contributed by atoms with van der Waals surface area (Å²) in [5.74, 6) is -2.61. The fraction of sp³-hybridized carbons (Fsp3) is 0.231. The topological polar surface area (TPSA) is 65.2 Å². The van der Waals surface area contributed by atoms with Crippen LogP contribution < -0.4 is 4.74 Å². The lowest BCUT2D eigenvalue weighted by Gasteiger charge is -2.09. The van der Waals surface area contributed by atoms with Crippen molar-refractivity contribution >= 4 is 5.65 Å². The van der Waals surface area contributed by atoms with E-state index in [1.807, 2.05) is 0 Å². The highest BCUT2D eigenvalue weighted by molar-refractivity contribution is 5.59. The molecule has 0 saturated heterocycles. The van der Waals surface area contributed by atoms with Gasteiger partial charge in [0.1, 0.15) is 0 Å². The molecule has 25 heavy (non-hydrogen) atoms. The summed E-state index contributed by atoms with van der Waals surface area (Å²) in [6.45, 7) is -1.70. The molecule has 0 N–H and O–H groups in total. The molecule has 0 amide bonds. The number of nitrogens with zero attached hydrogens (tertiary/aromatic N) is 5. The SMILES string of the molecule is Fc1cc(-c2cn3c(C(F)F)nnc3cn2)cnc1OCC(F)(F)F. The third kappa shape index (κ3) is 3.61. The predicted molar refractivity (Wildman–Crippen MR) is 70.5 cm³/mol. The number of rotatable bonds is 4. The van der Waals surface area contributed by atoms with Crippen LogP contribution in [0.3, 0.4) is 0 Å². The summed E-state index contributed by atoms with van der Waals surface area (Å²) in [7, 11) is 0. The predicted octanol–water partition coefficient (Wildman–Crippen LogP) is 3.20. The second-order valence-corrected chi connectivity index (χ2v) is 4.77. The Morgan fingerprint density at radius 3 is 2.52 bits per heavy atom. The number of ether oxygens (including phenoxy) is 1. The molecule has 0 aliphatic heterocycles. The first kappa shape index (κ1) is 16.9. The van der Waals surface area contributed by atoms with Gasteiger partial charge in [-0.2, -0.15) is 13.2 Å². The van der Waals surface area contributed by atoms with Crippen LogP contribution in [0.2, 0.25) is 0 Å². The van der Waals surface area contributed by atoms with Crippen LogP contribution in [0, 0.1) is 5.82 Å².